The van der Waals surface area contributed by atoms with E-state index in [0.29, 0.717) is 26.0 Å². The van der Waals surface area contributed by atoms with E-state index in [-0.39, 0.29) is 41.6 Å². The Kier molecular flexibility index (Phi) is 7.88. The molecule has 1 unspecified atom stereocenters. The van der Waals surface area contributed by atoms with Crippen molar-refractivity contribution in [2.45, 2.75) is 71.3 Å². The van der Waals surface area contributed by atoms with Gasteiger partial charge in [-0.1, -0.05) is 33.4 Å². The summed E-state index contributed by atoms with van der Waals surface area (Å²) in [6, 6.07) is -0.497. The number of fused-ring (bicyclic) bond motifs is 1. The Morgan fingerprint density at radius 3 is 2.43 bits per heavy atom. The van der Waals surface area contributed by atoms with Crippen LogP contribution in [0.25, 0.3) is 0 Å². The first kappa shape index (κ1) is 27.4. The van der Waals surface area contributed by atoms with Crippen LogP contribution in [0.5, 0.6) is 0 Å². The van der Waals surface area contributed by atoms with Gasteiger partial charge in [0.15, 0.2) is 9.04 Å². The number of carboxylic acids is 1. The van der Waals surface area contributed by atoms with Crippen molar-refractivity contribution in [3.8, 4) is 0 Å². The van der Waals surface area contributed by atoms with Gasteiger partial charge in [0, 0.05) is 19.6 Å². The third-order valence-corrected chi connectivity index (χ3v) is 8.75. The van der Waals surface area contributed by atoms with Gasteiger partial charge in [0.05, 0.1) is 30.2 Å². The highest BCUT2D eigenvalue weighted by Crippen LogP contribution is 2.54. The molecule has 3 aliphatic heterocycles. The molecular weight excluding hydrogens is 468 g/mol. The van der Waals surface area contributed by atoms with Crippen molar-refractivity contribution in [1.82, 2.24) is 9.80 Å². The number of carboxylic acid groups (broad SMARTS) is 1. The van der Waals surface area contributed by atoms with Crippen LogP contribution in [0, 0.1) is 17.3 Å². The quantitative estimate of drug-likeness (QED) is 0.290. The smallest absolute Gasteiger partial charge is 0.410 e. The summed E-state index contributed by atoms with van der Waals surface area (Å²) in [5, 5.41) is 10.1. The third-order valence-electron chi connectivity index (χ3n) is 7.79. The first-order valence-electron chi connectivity index (χ1n) is 12.3. The van der Waals surface area contributed by atoms with E-state index in [1.54, 1.807) is 12.0 Å². The third kappa shape index (κ3) is 4.80. The minimum atomic E-state index is -1.50. The lowest BCUT2D eigenvalue weighted by molar-refractivity contribution is -0.180. The number of carbonyl (C=O) groups is 3. The molecule has 0 saturated carbocycles. The molecule has 0 radical (unpaired) electrons. The zero-order valence-corrected chi connectivity index (χ0v) is 23.2. The Labute approximate surface area is 209 Å². The summed E-state index contributed by atoms with van der Waals surface area (Å²) < 4.78 is 17.1. The maximum Gasteiger partial charge on any atom is 0.410 e. The van der Waals surface area contributed by atoms with Crippen LogP contribution < -0.4 is 0 Å². The number of aliphatic carboxylic acids is 1. The van der Waals surface area contributed by atoms with Crippen LogP contribution in [0.2, 0.25) is 13.1 Å². The van der Waals surface area contributed by atoms with Crippen molar-refractivity contribution in [2.75, 3.05) is 26.9 Å². The number of hydrogen-bond acceptors (Lipinski definition) is 6. The van der Waals surface area contributed by atoms with Crippen LogP contribution in [0.1, 0.15) is 40.5 Å². The van der Waals surface area contributed by atoms with Gasteiger partial charge in [0.25, 0.3) is 0 Å². The highest BCUT2D eigenvalue weighted by atomic mass is 28.3. The predicted molar refractivity (Wildman–Crippen MR) is 133 cm³/mol. The summed E-state index contributed by atoms with van der Waals surface area (Å²) in [4.78, 5) is 41.6. The Balaban J connectivity index is 1.91. The molecule has 196 valence electrons. The lowest BCUT2D eigenvalue weighted by Crippen LogP contribution is -2.70. The molecule has 9 nitrogen and oxygen atoms in total. The molecule has 2 amide bonds. The van der Waals surface area contributed by atoms with E-state index < -0.39 is 32.6 Å². The van der Waals surface area contributed by atoms with Gasteiger partial charge in [-0.15, -0.1) is 0 Å². The molecule has 3 rings (SSSR count). The maximum absolute atomic E-state index is 13.5. The van der Waals surface area contributed by atoms with Crippen molar-refractivity contribution < 1.29 is 33.4 Å². The largest absolute Gasteiger partial charge is 0.477 e. The Bertz CT molecular complexity index is 912. The first-order valence-corrected chi connectivity index (χ1v) is 15.1. The summed E-state index contributed by atoms with van der Waals surface area (Å²) in [5.74, 6) is -1.92. The summed E-state index contributed by atoms with van der Waals surface area (Å²) in [5.41, 5.74) is -0.237. The monoisotopic (exact) mass is 508 g/mol. The molecular formula is C25H40N2O7Si. The average molecular weight is 509 g/mol. The van der Waals surface area contributed by atoms with Crippen molar-refractivity contribution in [1.29, 1.82) is 0 Å². The number of rotatable bonds is 9. The first-order chi connectivity index (χ1) is 16.3. The topological polar surface area (TPSA) is 106 Å². The van der Waals surface area contributed by atoms with Gasteiger partial charge in [0.1, 0.15) is 12.3 Å². The number of methoxy groups -OCH3 is 1. The molecule has 0 bridgehead atoms. The van der Waals surface area contributed by atoms with Crippen molar-refractivity contribution in [2.24, 2.45) is 17.3 Å². The van der Waals surface area contributed by atoms with Gasteiger partial charge in [-0.3, -0.25) is 4.79 Å². The normalized spacial score (nSPS) is 28.2. The second-order valence-corrected chi connectivity index (χ2v) is 13.6. The number of β-lactam (4-membered cyclic amide) rings is 1. The van der Waals surface area contributed by atoms with Crippen molar-refractivity contribution in [3.05, 3.63) is 23.9 Å². The summed E-state index contributed by atoms with van der Waals surface area (Å²) in [6.45, 7) is 16.7. The van der Waals surface area contributed by atoms with E-state index in [2.05, 4.69) is 40.4 Å². The molecule has 10 heteroatoms. The predicted octanol–water partition coefficient (Wildman–Crippen LogP) is 3.02. The molecule has 5 atom stereocenters. The van der Waals surface area contributed by atoms with E-state index >= 15 is 0 Å². The summed E-state index contributed by atoms with van der Waals surface area (Å²) >= 11 is 0. The summed E-state index contributed by atoms with van der Waals surface area (Å²) in [6.07, 6.45) is 2.04. The van der Waals surface area contributed by atoms with Gasteiger partial charge in [-0.25, -0.2) is 9.59 Å². The Morgan fingerprint density at radius 1 is 1.26 bits per heavy atom. The molecule has 0 spiro atoms. The molecule has 35 heavy (non-hydrogen) atoms. The molecule has 0 aromatic rings. The molecule has 0 aromatic carbocycles. The molecule has 2 saturated heterocycles. The second-order valence-electron chi connectivity index (χ2n) is 11.2. The van der Waals surface area contributed by atoms with Crippen molar-refractivity contribution in [3.63, 3.8) is 0 Å². The molecule has 3 aliphatic rings. The van der Waals surface area contributed by atoms with Gasteiger partial charge >= 0.3 is 12.1 Å². The fraction of sp³-hybridized carbons (Fsp3) is 0.720. The fourth-order valence-electron chi connectivity index (χ4n) is 5.87. The average Bonchev–Trinajstić information content (AvgIpc) is 3.30. The molecule has 2 fully saturated rings. The van der Waals surface area contributed by atoms with E-state index in [4.69, 9.17) is 13.9 Å². The highest BCUT2D eigenvalue weighted by Gasteiger charge is 2.65. The summed E-state index contributed by atoms with van der Waals surface area (Å²) in [7, 11) is 0.0721. The van der Waals surface area contributed by atoms with E-state index in [0.717, 1.165) is 5.57 Å². The molecule has 0 aliphatic carbocycles. The number of ether oxygens (including phenoxy) is 2. The number of nitrogens with zero attached hydrogens (tertiary/aromatic N) is 2. The van der Waals surface area contributed by atoms with Crippen LogP contribution in [0.3, 0.4) is 0 Å². The van der Waals surface area contributed by atoms with Crippen LogP contribution in [0.15, 0.2) is 23.9 Å². The molecule has 3 heterocycles. The fourth-order valence-corrected chi connectivity index (χ4v) is 7.35. The van der Waals surface area contributed by atoms with Gasteiger partial charge in [0.2, 0.25) is 5.91 Å². The minimum absolute atomic E-state index is 0.0665. The van der Waals surface area contributed by atoms with E-state index in [1.807, 2.05) is 6.92 Å². The number of amides is 2. The number of hydrogen-bond donors (Lipinski definition) is 1. The minimum Gasteiger partial charge on any atom is -0.477 e. The standard InChI is InChI=1S/C25H40N2O7Si/c1-9-10-33-23(31)26-13-15(11-16(26)14-32-6)17-12-18-19(21(28)27(18)20(17)22(29)30)25(5,24(2,3)4)34-35(7)8/h9,15-16,18-19,35H,1,10-14H2,2-8H3,(H,29,30)/t15?,16-,18+,19+,25+/m0/s1. The van der Waals surface area contributed by atoms with E-state index in [1.165, 1.54) is 11.0 Å². The Hall–Kier alpha value is -2.17. The lowest BCUT2D eigenvalue weighted by atomic mass is 9.63. The van der Waals surface area contributed by atoms with Crippen LogP contribution in [0.4, 0.5) is 4.79 Å². The second kappa shape index (κ2) is 10.1. The van der Waals surface area contributed by atoms with Crippen LogP contribution >= 0.6 is 0 Å². The number of likely N-dealkylation sites (tertiary alicyclic amines) is 1. The van der Waals surface area contributed by atoms with Crippen LogP contribution in [-0.4, -0.2) is 86.5 Å². The van der Waals surface area contributed by atoms with E-state index in [9.17, 15) is 19.5 Å². The van der Waals surface area contributed by atoms with Gasteiger partial charge in [-0.2, -0.15) is 0 Å². The van der Waals surface area contributed by atoms with Gasteiger partial charge < -0.3 is 28.8 Å². The van der Waals surface area contributed by atoms with Crippen LogP contribution in [-0.2, 0) is 23.5 Å². The number of carbonyl (C=O) groups excluding carboxylic acids is 2. The molecule has 0 aromatic heterocycles. The maximum atomic E-state index is 13.5. The SMILES string of the molecule is C=CCOC(=O)N1CC(C2=C(C(=O)O)N3C(=O)[C@H]([C@@](C)(O[SiH](C)C)C(C)(C)C)[C@H]3C2)C[C@H]1COC. The van der Waals surface area contributed by atoms with Gasteiger partial charge in [-0.05, 0) is 43.8 Å². The van der Waals surface area contributed by atoms with Crippen molar-refractivity contribution >= 4 is 27.0 Å². The zero-order valence-electron chi connectivity index (χ0n) is 22.0. The lowest BCUT2D eigenvalue weighted by Gasteiger charge is -2.57. The highest BCUT2D eigenvalue weighted by molar-refractivity contribution is 6.48. The Morgan fingerprint density at radius 2 is 1.91 bits per heavy atom. The zero-order chi connectivity index (χ0) is 26.3. The molecule has 1 N–H and O–H groups in total.